The number of ether oxygens (including phenoxy) is 2. The van der Waals surface area contributed by atoms with Gasteiger partial charge in [0.25, 0.3) is 0 Å². The summed E-state index contributed by atoms with van der Waals surface area (Å²) in [6, 6.07) is 2.79. The van der Waals surface area contributed by atoms with Crippen molar-refractivity contribution in [1.29, 1.82) is 0 Å². The van der Waals surface area contributed by atoms with Crippen LogP contribution in [0, 0.1) is 0 Å². The first kappa shape index (κ1) is 14.4. The number of aliphatic hydroxyl groups excluding tert-OH is 3. The van der Waals surface area contributed by atoms with E-state index in [4.69, 9.17) is 14.6 Å². The van der Waals surface area contributed by atoms with Gasteiger partial charge in [-0.3, -0.25) is 4.79 Å². The molecule has 0 aliphatic heterocycles. The van der Waals surface area contributed by atoms with Crippen LogP contribution < -0.4 is 9.47 Å². The third-order valence-electron chi connectivity index (χ3n) is 2.58. The fourth-order valence-electron chi connectivity index (χ4n) is 1.58. The van der Waals surface area contributed by atoms with Crippen LogP contribution in [-0.2, 0) is 0 Å². The van der Waals surface area contributed by atoms with Crippen molar-refractivity contribution in [3.8, 4) is 11.5 Å². The van der Waals surface area contributed by atoms with Crippen molar-refractivity contribution in [2.45, 2.75) is 12.2 Å². The van der Waals surface area contributed by atoms with Crippen molar-refractivity contribution in [1.82, 2.24) is 0 Å². The van der Waals surface area contributed by atoms with Crippen molar-refractivity contribution in [2.24, 2.45) is 0 Å². The van der Waals surface area contributed by atoms with Gasteiger partial charge in [-0.1, -0.05) is 0 Å². The van der Waals surface area contributed by atoms with E-state index in [0.29, 0.717) is 6.29 Å². The van der Waals surface area contributed by atoms with E-state index in [1.807, 2.05) is 0 Å². The summed E-state index contributed by atoms with van der Waals surface area (Å²) >= 11 is 0. The predicted octanol–water partition coefficient (Wildman–Crippen LogP) is -0.0971. The fraction of sp³-hybridized carbons (Fsp3) is 0.417. The molecule has 1 aromatic rings. The average Bonchev–Trinajstić information content (AvgIpc) is 2.43. The first-order chi connectivity index (χ1) is 8.58. The van der Waals surface area contributed by atoms with Crippen LogP contribution >= 0.6 is 0 Å². The van der Waals surface area contributed by atoms with E-state index in [0.717, 1.165) is 0 Å². The molecule has 0 aromatic heterocycles. The second-order valence-electron chi connectivity index (χ2n) is 3.65. The second kappa shape index (κ2) is 6.34. The molecular formula is C12H16O6. The molecule has 18 heavy (non-hydrogen) atoms. The molecule has 0 aliphatic carbocycles. The lowest BCUT2D eigenvalue weighted by Crippen LogP contribution is -2.22. The highest BCUT2D eigenvalue weighted by Crippen LogP contribution is 2.33. The van der Waals surface area contributed by atoms with Crippen molar-refractivity contribution < 1.29 is 29.6 Å². The van der Waals surface area contributed by atoms with Gasteiger partial charge in [-0.15, -0.1) is 0 Å². The third-order valence-corrected chi connectivity index (χ3v) is 2.58. The number of benzene rings is 1. The SMILES string of the molecule is COc1cc(C(O)C(O)CO)c(OC)cc1C=O. The summed E-state index contributed by atoms with van der Waals surface area (Å²) in [5.41, 5.74) is 0.505. The zero-order chi connectivity index (χ0) is 13.7. The summed E-state index contributed by atoms with van der Waals surface area (Å²) < 4.78 is 10.0. The van der Waals surface area contributed by atoms with Crippen molar-refractivity contribution >= 4 is 6.29 Å². The Labute approximate surface area is 104 Å². The van der Waals surface area contributed by atoms with Crippen LogP contribution in [0.15, 0.2) is 12.1 Å². The quantitative estimate of drug-likeness (QED) is 0.615. The van der Waals surface area contributed by atoms with E-state index in [-0.39, 0.29) is 22.6 Å². The van der Waals surface area contributed by atoms with Gasteiger partial charge in [-0.25, -0.2) is 0 Å². The summed E-state index contributed by atoms with van der Waals surface area (Å²) in [6.45, 7) is -0.595. The van der Waals surface area contributed by atoms with Gasteiger partial charge in [0, 0.05) is 5.56 Å². The lowest BCUT2D eigenvalue weighted by Gasteiger charge is -2.20. The Morgan fingerprint density at radius 3 is 2.28 bits per heavy atom. The topological polar surface area (TPSA) is 96.2 Å². The minimum atomic E-state index is -1.34. The average molecular weight is 256 g/mol. The van der Waals surface area contributed by atoms with E-state index in [9.17, 15) is 15.0 Å². The van der Waals surface area contributed by atoms with Gasteiger partial charge in [-0.05, 0) is 12.1 Å². The number of hydrogen-bond donors (Lipinski definition) is 3. The second-order valence-corrected chi connectivity index (χ2v) is 3.65. The largest absolute Gasteiger partial charge is 0.496 e. The Bertz CT molecular complexity index is 417. The van der Waals surface area contributed by atoms with Crippen molar-refractivity contribution in [3.05, 3.63) is 23.3 Å². The molecule has 3 N–H and O–H groups in total. The molecule has 0 aliphatic rings. The van der Waals surface area contributed by atoms with Crippen LogP contribution in [-0.4, -0.2) is 48.5 Å². The standard InChI is InChI=1S/C12H16O6/c1-17-10-4-8(12(16)9(15)6-14)11(18-2)3-7(10)5-13/h3-5,9,12,14-16H,6H2,1-2H3. The van der Waals surface area contributed by atoms with Crippen LogP contribution in [0.25, 0.3) is 0 Å². The monoisotopic (exact) mass is 256 g/mol. The zero-order valence-electron chi connectivity index (χ0n) is 10.2. The van der Waals surface area contributed by atoms with Crippen LogP contribution in [0.1, 0.15) is 22.0 Å². The van der Waals surface area contributed by atoms with Gasteiger partial charge >= 0.3 is 0 Å². The van der Waals surface area contributed by atoms with Crippen molar-refractivity contribution in [3.63, 3.8) is 0 Å². The van der Waals surface area contributed by atoms with Crippen LogP contribution in [0.4, 0.5) is 0 Å². The molecule has 6 heteroatoms. The molecule has 0 bridgehead atoms. The number of aldehydes is 1. The lowest BCUT2D eigenvalue weighted by atomic mass is 10.0. The molecule has 6 nitrogen and oxygen atoms in total. The molecule has 100 valence electrons. The van der Waals surface area contributed by atoms with Crippen LogP contribution in [0.3, 0.4) is 0 Å². The molecule has 1 rings (SSSR count). The summed E-state index contributed by atoms with van der Waals surface area (Å²) in [5.74, 6) is 0.489. The number of rotatable bonds is 6. The first-order valence-corrected chi connectivity index (χ1v) is 5.27. The van der Waals surface area contributed by atoms with Crippen LogP contribution in [0.5, 0.6) is 11.5 Å². The molecule has 0 saturated carbocycles. The maximum atomic E-state index is 10.8. The molecule has 0 fully saturated rings. The minimum Gasteiger partial charge on any atom is -0.496 e. The third kappa shape index (κ3) is 2.79. The number of methoxy groups -OCH3 is 2. The van der Waals surface area contributed by atoms with Gasteiger partial charge < -0.3 is 24.8 Å². The van der Waals surface area contributed by atoms with E-state index in [1.54, 1.807) is 0 Å². The minimum absolute atomic E-state index is 0.234. The lowest BCUT2D eigenvalue weighted by molar-refractivity contribution is -0.0163. The summed E-state index contributed by atoms with van der Waals surface area (Å²) in [5, 5.41) is 28.1. The Balaban J connectivity index is 3.29. The highest BCUT2D eigenvalue weighted by atomic mass is 16.5. The smallest absolute Gasteiger partial charge is 0.153 e. The molecule has 2 unspecified atom stereocenters. The fourth-order valence-corrected chi connectivity index (χ4v) is 1.58. The number of aliphatic hydroxyl groups is 3. The Kier molecular flexibility index (Phi) is 5.08. The molecule has 0 spiro atoms. The molecule has 1 aromatic carbocycles. The number of carbonyl (C=O) groups is 1. The molecule has 0 heterocycles. The summed E-state index contributed by atoms with van der Waals surface area (Å²) in [4.78, 5) is 10.8. The normalized spacial score (nSPS) is 13.8. The summed E-state index contributed by atoms with van der Waals surface area (Å²) in [6.07, 6.45) is -2.08. The van der Waals surface area contributed by atoms with E-state index >= 15 is 0 Å². The van der Waals surface area contributed by atoms with E-state index < -0.39 is 18.8 Å². The first-order valence-electron chi connectivity index (χ1n) is 5.27. The van der Waals surface area contributed by atoms with Gasteiger partial charge in [0.1, 0.15) is 23.7 Å². The zero-order valence-corrected chi connectivity index (χ0v) is 10.2. The summed E-state index contributed by atoms with van der Waals surface area (Å²) in [7, 11) is 2.76. The van der Waals surface area contributed by atoms with Gasteiger partial charge in [0.2, 0.25) is 0 Å². The maximum Gasteiger partial charge on any atom is 0.153 e. The molecule has 0 radical (unpaired) electrons. The van der Waals surface area contributed by atoms with E-state index in [1.165, 1.54) is 26.4 Å². The number of carbonyl (C=O) groups excluding carboxylic acids is 1. The van der Waals surface area contributed by atoms with Gasteiger partial charge in [-0.2, -0.15) is 0 Å². The molecule has 0 saturated heterocycles. The van der Waals surface area contributed by atoms with Crippen LogP contribution in [0.2, 0.25) is 0 Å². The highest BCUT2D eigenvalue weighted by Gasteiger charge is 2.23. The maximum absolute atomic E-state index is 10.8. The molecule has 0 amide bonds. The predicted molar refractivity (Wildman–Crippen MR) is 63.0 cm³/mol. The Hall–Kier alpha value is -1.63. The Morgan fingerprint density at radius 1 is 1.22 bits per heavy atom. The van der Waals surface area contributed by atoms with Gasteiger partial charge in [0.15, 0.2) is 6.29 Å². The van der Waals surface area contributed by atoms with E-state index in [2.05, 4.69) is 0 Å². The number of hydrogen-bond acceptors (Lipinski definition) is 6. The highest BCUT2D eigenvalue weighted by molar-refractivity contribution is 5.80. The molecular weight excluding hydrogens is 240 g/mol. The van der Waals surface area contributed by atoms with Crippen molar-refractivity contribution in [2.75, 3.05) is 20.8 Å². The molecule has 2 atom stereocenters. The van der Waals surface area contributed by atoms with Gasteiger partial charge in [0.05, 0.1) is 26.4 Å². The Morgan fingerprint density at radius 2 is 1.83 bits per heavy atom.